The van der Waals surface area contributed by atoms with Crippen molar-refractivity contribution in [3.05, 3.63) is 74.3 Å². The molecule has 1 amide bonds. The van der Waals surface area contributed by atoms with Crippen LogP contribution in [0.5, 0.6) is 0 Å². The number of benzene rings is 2. The van der Waals surface area contributed by atoms with Crippen LogP contribution in [0.25, 0.3) is 6.08 Å². The zero-order valence-electron chi connectivity index (χ0n) is 15.6. The van der Waals surface area contributed by atoms with Crippen molar-refractivity contribution in [3.63, 3.8) is 0 Å². The van der Waals surface area contributed by atoms with Crippen molar-refractivity contribution >= 4 is 50.9 Å². The number of nitro benzene ring substituents is 1. The Morgan fingerprint density at radius 2 is 1.60 bits per heavy atom. The van der Waals surface area contributed by atoms with E-state index in [4.69, 9.17) is 23.2 Å². The van der Waals surface area contributed by atoms with Crippen LogP contribution in [0, 0.1) is 10.1 Å². The van der Waals surface area contributed by atoms with Crippen LogP contribution in [0.15, 0.2) is 53.4 Å². The van der Waals surface area contributed by atoms with E-state index in [0.29, 0.717) is 5.56 Å². The van der Waals surface area contributed by atoms with Gasteiger partial charge in [0.05, 0.1) is 20.5 Å². The van der Waals surface area contributed by atoms with Gasteiger partial charge in [0, 0.05) is 38.3 Å². The quantitative estimate of drug-likeness (QED) is 0.379. The van der Waals surface area contributed by atoms with Crippen LogP contribution in [0.1, 0.15) is 5.56 Å². The lowest BCUT2D eigenvalue weighted by molar-refractivity contribution is -0.385. The molecule has 0 saturated carbocycles. The van der Waals surface area contributed by atoms with Crippen LogP contribution in [0.2, 0.25) is 10.0 Å². The van der Waals surface area contributed by atoms with Gasteiger partial charge in [-0.1, -0.05) is 41.4 Å². The Morgan fingerprint density at radius 3 is 2.20 bits per heavy atom. The van der Waals surface area contributed by atoms with Gasteiger partial charge in [-0.15, -0.1) is 0 Å². The Bertz CT molecular complexity index is 1090. The minimum absolute atomic E-state index is 0.0356. The number of piperazine rings is 1. The summed E-state index contributed by atoms with van der Waals surface area (Å²) >= 11 is 12.1. The molecule has 2 aromatic rings. The van der Waals surface area contributed by atoms with Gasteiger partial charge in [-0.3, -0.25) is 14.9 Å². The second-order valence-corrected chi connectivity index (χ2v) is 9.12. The third-order valence-electron chi connectivity index (χ3n) is 4.61. The predicted molar refractivity (Wildman–Crippen MR) is 114 cm³/mol. The van der Waals surface area contributed by atoms with Crippen molar-refractivity contribution in [1.82, 2.24) is 9.21 Å². The number of nitro groups is 1. The third kappa shape index (κ3) is 4.65. The number of nitrogens with zero attached hydrogens (tertiary/aromatic N) is 3. The normalized spacial score (nSPS) is 15.5. The number of rotatable bonds is 5. The Balaban J connectivity index is 1.68. The summed E-state index contributed by atoms with van der Waals surface area (Å²) in [4.78, 5) is 24.3. The van der Waals surface area contributed by atoms with Crippen LogP contribution < -0.4 is 0 Å². The lowest BCUT2D eigenvalue weighted by Gasteiger charge is -2.33. The number of carbonyl (C=O) groups is 1. The van der Waals surface area contributed by atoms with Crippen LogP contribution in [0.3, 0.4) is 0 Å². The molecule has 1 fully saturated rings. The lowest BCUT2D eigenvalue weighted by Crippen LogP contribution is -2.50. The topological polar surface area (TPSA) is 101 Å². The molecular formula is C19H17Cl2N3O5S. The SMILES string of the molecule is O=C(/C=C/c1ccccc1[N+](=O)[O-])N1CCN(S(=O)(=O)c2c(Cl)cccc2Cl)CC1. The summed E-state index contributed by atoms with van der Waals surface area (Å²) in [5, 5.41) is 11.1. The minimum Gasteiger partial charge on any atom is -0.337 e. The smallest absolute Gasteiger partial charge is 0.276 e. The van der Waals surface area contributed by atoms with Crippen LogP contribution in [-0.2, 0) is 14.8 Å². The first-order valence-electron chi connectivity index (χ1n) is 8.86. The third-order valence-corrected chi connectivity index (χ3v) is 7.46. The van der Waals surface area contributed by atoms with Gasteiger partial charge in [0.2, 0.25) is 15.9 Å². The van der Waals surface area contributed by atoms with E-state index in [-0.39, 0.29) is 52.7 Å². The van der Waals surface area contributed by atoms with E-state index in [0.717, 1.165) is 0 Å². The van der Waals surface area contributed by atoms with Gasteiger partial charge in [-0.05, 0) is 24.3 Å². The Labute approximate surface area is 183 Å². The molecule has 2 aromatic carbocycles. The standard InChI is InChI=1S/C19H17Cl2N3O5S/c20-15-5-3-6-16(21)19(15)30(28,29)23-12-10-22(11-13-23)18(25)9-8-14-4-1-2-7-17(14)24(26)27/h1-9H,10-13H2/b9-8+. The molecule has 0 unspecified atom stereocenters. The van der Waals surface area contributed by atoms with Crippen LogP contribution >= 0.6 is 23.2 Å². The number of amides is 1. The number of hydrogen-bond donors (Lipinski definition) is 0. The van der Waals surface area contributed by atoms with Gasteiger partial charge >= 0.3 is 0 Å². The summed E-state index contributed by atoms with van der Waals surface area (Å²) in [5.41, 5.74) is 0.208. The van der Waals surface area contributed by atoms with Crippen molar-refractivity contribution in [2.45, 2.75) is 4.90 Å². The molecule has 8 nitrogen and oxygen atoms in total. The summed E-state index contributed by atoms with van der Waals surface area (Å²) in [6.45, 7) is 0.493. The van der Waals surface area contributed by atoms with Gasteiger partial charge in [0.15, 0.2) is 0 Å². The number of carbonyl (C=O) groups excluding carboxylic acids is 1. The number of halogens is 2. The summed E-state index contributed by atoms with van der Waals surface area (Å²) in [6, 6.07) is 10.5. The number of hydrogen-bond acceptors (Lipinski definition) is 5. The first-order chi connectivity index (χ1) is 14.2. The van der Waals surface area contributed by atoms with Gasteiger partial charge in [-0.25, -0.2) is 8.42 Å². The first kappa shape index (κ1) is 22.2. The monoisotopic (exact) mass is 469 g/mol. The molecule has 0 spiro atoms. The van der Waals surface area contributed by atoms with E-state index >= 15 is 0 Å². The second-order valence-electron chi connectivity index (χ2n) is 6.43. The summed E-state index contributed by atoms with van der Waals surface area (Å²) in [7, 11) is -3.90. The molecule has 3 rings (SSSR count). The fourth-order valence-electron chi connectivity index (χ4n) is 3.07. The molecule has 0 N–H and O–H groups in total. The molecule has 1 aliphatic heterocycles. The molecule has 1 heterocycles. The molecule has 1 aliphatic rings. The predicted octanol–water partition coefficient (Wildman–Crippen LogP) is 3.45. The Kier molecular flexibility index (Phi) is 6.77. The van der Waals surface area contributed by atoms with Crippen molar-refractivity contribution in [3.8, 4) is 0 Å². The first-order valence-corrected chi connectivity index (χ1v) is 11.1. The highest BCUT2D eigenvalue weighted by atomic mass is 35.5. The maximum Gasteiger partial charge on any atom is 0.276 e. The maximum atomic E-state index is 12.9. The second kappa shape index (κ2) is 9.13. The zero-order chi connectivity index (χ0) is 21.9. The summed E-state index contributed by atoms with van der Waals surface area (Å²) in [6.07, 6.45) is 2.63. The number of para-hydroxylation sites is 1. The van der Waals surface area contributed by atoms with Crippen LogP contribution in [0.4, 0.5) is 5.69 Å². The van der Waals surface area contributed by atoms with E-state index in [2.05, 4.69) is 0 Å². The van der Waals surface area contributed by atoms with E-state index in [1.54, 1.807) is 24.3 Å². The van der Waals surface area contributed by atoms with E-state index in [9.17, 15) is 23.3 Å². The Hall–Kier alpha value is -2.46. The van der Waals surface area contributed by atoms with E-state index < -0.39 is 14.9 Å². The fraction of sp³-hybridized carbons (Fsp3) is 0.211. The van der Waals surface area contributed by atoms with Crippen molar-refractivity contribution in [1.29, 1.82) is 0 Å². The average molecular weight is 470 g/mol. The van der Waals surface area contributed by atoms with Crippen molar-refractivity contribution < 1.29 is 18.1 Å². The molecule has 1 saturated heterocycles. The van der Waals surface area contributed by atoms with E-state index in [1.165, 1.54) is 39.6 Å². The highest BCUT2D eigenvalue weighted by molar-refractivity contribution is 7.89. The molecule has 0 aromatic heterocycles. The molecule has 0 bridgehead atoms. The summed E-state index contributed by atoms with van der Waals surface area (Å²) in [5.74, 6) is -0.360. The van der Waals surface area contributed by atoms with Gasteiger partial charge in [0.1, 0.15) is 4.90 Å². The Morgan fingerprint density at radius 1 is 1.00 bits per heavy atom. The van der Waals surface area contributed by atoms with Gasteiger partial charge < -0.3 is 4.90 Å². The van der Waals surface area contributed by atoms with Gasteiger partial charge in [-0.2, -0.15) is 4.31 Å². The molecule has 0 radical (unpaired) electrons. The molecule has 158 valence electrons. The molecule has 11 heteroatoms. The van der Waals surface area contributed by atoms with Crippen molar-refractivity contribution in [2.24, 2.45) is 0 Å². The molecular weight excluding hydrogens is 453 g/mol. The molecule has 30 heavy (non-hydrogen) atoms. The lowest BCUT2D eigenvalue weighted by atomic mass is 10.1. The summed E-state index contributed by atoms with van der Waals surface area (Å²) < 4.78 is 27.0. The van der Waals surface area contributed by atoms with Crippen LogP contribution in [-0.4, -0.2) is 54.6 Å². The molecule has 0 atom stereocenters. The zero-order valence-corrected chi connectivity index (χ0v) is 17.9. The fourth-order valence-corrected chi connectivity index (χ4v) is 5.58. The van der Waals surface area contributed by atoms with Crippen molar-refractivity contribution in [2.75, 3.05) is 26.2 Å². The maximum absolute atomic E-state index is 12.9. The number of sulfonamides is 1. The highest BCUT2D eigenvalue weighted by Gasteiger charge is 2.32. The largest absolute Gasteiger partial charge is 0.337 e. The average Bonchev–Trinajstić information content (AvgIpc) is 2.72. The highest BCUT2D eigenvalue weighted by Crippen LogP contribution is 2.32. The van der Waals surface area contributed by atoms with E-state index in [1.807, 2.05) is 0 Å². The minimum atomic E-state index is -3.90. The van der Waals surface area contributed by atoms with Gasteiger partial charge in [0.25, 0.3) is 5.69 Å². The molecule has 0 aliphatic carbocycles.